The number of fused-ring (bicyclic) bond motifs is 3. The lowest BCUT2D eigenvalue weighted by atomic mass is 9.83. The molecule has 2 fully saturated rings. The summed E-state index contributed by atoms with van der Waals surface area (Å²) in [5.74, 6) is -0.121. The van der Waals surface area contributed by atoms with E-state index in [1.807, 2.05) is 31.2 Å². The minimum absolute atomic E-state index is 0.0762. The van der Waals surface area contributed by atoms with Crippen LogP contribution in [0.25, 0.3) is 5.65 Å². The molecule has 47 heavy (non-hydrogen) atoms. The van der Waals surface area contributed by atoms with Crippen molar-refractivity contribution in [2.75, 3.05) is 31.6 Å². The molecule has 0 radical (unpaired) electrons. The zero-order valence-electron chi connectivity index (χ0n) is 25.7. The number of anilines is 2. The summed E-state index contributed by atoms with van der Waals surface area (Å²) in [6.07, 6.45) is 4.85. The Bertz CT molecular complexity index is 1970. The van der Waals surface area contributed by atoms with E-state index in [0.29, 0.717) is 69.3 Å². The van der Waals surface area contributed by atoms with Crippen LogP contribution in [-0.2, 0) is 31.7 Å². The SMILES string of the molecule is Cc1ccc(Cl)c(Nc2c(C(=O)N3CCC4(CC3)OCc3ccccc34)cnc3c(S(=O)(=O)NC(=O)NC4CCOCC4)cnn23)c1. The summed E-state index contributed by atoms with van der Waals surface area (Å²) in [7, 11) is -4.39. The van der Waals surface area contributed by atoms with Gasteiger partial charge in [0.25, 0.3) is 15.9 Å². The van der Waals surface area contributed by atoms with Crippen LogP contribution in [0.3, 0.4) is 0 Å². The van der Waals surface area contributed by atoms with E-state index in [0.717, 1.165) is 11.8 Å². The van der Waals surface area contributed by atoms with E-state index in [4.69, 9.17) is 21.1 Å². The molecule has 7 rings (SSSR count). The quantitative estimate of drug-likeness (QED) is 0.271. The summed E-state index contributed by atoms with van der Waals surface area (Å²) in [6, 6.07) is 12.5. The number of nitrogens with one attached hydrogen (secondary N) is 3. The average molecular weight is 680 g/mol. The van der Waals surface area contributed by atoms with E-state index < -0.39 is 21.7 Å². The molecule has 3 amide bonds. The Morgan fingerprint density at radius 1 is 1.06 bits per heavy atom. The van der Waals surface area contributed by atoms with E-state index in [-0.39, 0.29) is 33.9 Å². The van der Waals surface area contributed by atoms with Crippen molar-refractivity contribution >= 4 is 50.7 Å². The van der Waals surface area contributed by atoms with Crippen molar-refractivity contribution in [2.24, 2.45) is 0 Å². The lowest BCUT2D eigenvalue weighted by Crippen LogP contribution is -2.46. The number of piperidine rings is 1. The number of ether oxygens (including phenoxy) is 2. The van der Waals surface area contributed by atoms with Crippen molar-refractivity contribution in [1.29, 1.82) is 0 Å². The number of halogens is 1. The van der Waals surface area contributed by atoms with Gasteiger partial charge in [-0.2, -0.15) is 9.61 Å². The zero-order chi connectivity index (χ0) is 32.8. The number of aromatic nitrogens is 3. The number of likely N-dealkylation sites (tertiary alicyclic amines) is 1. The highest BCUT2D eigenvalue weighted by molar-refractivity contribution is 7.90. The predicted molar refractivity (Wildman–Crippen MR) is 173 cm³/mol. The number of hydrogen-bond donors (Lipinski definition) is 3. The molecule has 2 aromatic carbocycles. The minimum atomic E-state index is -4.39. The second-order valence-electron chi connectivity index (χ2n) is 12.1. The molecule has 0 aliphatic carbocycles. The highest BCUT2D eigenvalue weighted by atomic mass is 35.5. The van der Waals surface area contributed by atoms with Crippen molar-refractivity contribution in [3.8, 4) is 0 Å². The Labute approximate surface area is 276 Å². The number of benzene rings is 2. The molecule has 3 aliphatic heterocycles. The van der Waals surface area contributed by atoms with Crippen molar-refractivity contribution in [1.82, 2.24) is 29.5 Å². The summed E-state index contributed by atoms with van der Waals surface area (Å²) in [4.78, 5) is 32.6. The van der Waals surface area contributed by atoms with Gasteiger partial charge in [0.15, 0.2) is 10.5 Å². The first-order valence-electron chi connectivity index (χ1n) is 15.5. The van der Waals surface area contributed by atoms with Crippen LogP contribution in [0, 0.1) is 6.92 Å². The van der Waals surface area contributed by atoms with Crippen LogP contribution in [0.15, 0.2) is 59.8 Å². The lowest BCUT2D eigenvalue weighted by molar-refractivity contribution is -0.0741. The normalized spacial score (nSPS) is 17.9. The molecule has 4 aromatic rings. The van der Waals surface area contributed by atoms with Gasteiger partial charge in [-0.1, -0.05) is 41.9 Å². The van der Waals surface area contributed by atoms with Gasteiger partial charge in [-0.25, -0.2) is 22.9 Å². The fourth-order valence-corrected chi connectivity index (χ4v) is 7.65. The second kappa shape index (κ2) is 12.4. The van der Waals surface area contributed by atoms with Crippen molar-refractivity contribution in [3.63, 3.8) is 0 Å². The molecule has 2 aromatic heterocycles. The third-order valence-electron chi connectivity index (χ3n) is 9.04. The Balaban J connectivity index is 1.19. The molecule has 13 nitrogen and oxygen atoms in total. The molecular formula is C32H34ClN7O6S. The van der Waals surface area contributed by atoms with E-state index in [2.05, 4.69) is 37.6 Å². The fourth-order valence-electron chi connectivity index (χ4n) is 6.51. The van der Waals surface area contributed by atoms with Gasteiger partial charge < -0.3 is 25.0 Å². The molecule has 0 atom stereocenters. The molecule has 0 bridgehead atoms. The number of sulfonamides is 1. The van der Waals surface area contributed by atoms with Gasteiger partial charge >= 0.3 is 6.03 Å². The summed E-state index contributed by atoms with van der Waals surface area (Å²) < 4.78 is 41.7. The number of urea groups is 1. The van der Waals surface area contributed by atoms with Crippen LogP contribution in [0.1, 0.15) is 52.7 Å². The number of nitrogens with zero attached hydrogens (tertiary/aromatic N) is 4. The topological polar surface area (TPSA) is 156 Å². The maximum absolute atomic E-state index is 14.1. The van der Waals surface area contributed by atoms with Gasteiger partial charge in [-0.3, -0.25) is 4.79 Å². The average Bonchev–Trinajstić information content (AvgIpc) is 3.66. The smallest absolute Gasteiger partial charge is 0.328 e. The lowest BCUT2D eigenvalue weighted by Gasteiger charge is -2.39. The molecule has 1 spiro atoms. The number of aryl methyl sites for hydroxylation is 1. The number of carbonyl (C=O) groups excluding carboxylic acids is 2. The first-order chi connectivity index (χ1) is 22.6. The largest absolute Gasteiger partial charge is 0.381 e. The molecule has 0 unspecified atom stereocenters. The van der Waals surface area contributed by atoms with E-state index in [9.17, 15) is 18.0 Å². The Hall–Kier alpha value is -4.24. The van der Waals surface area contributed by atoms with E-state index in [1.54, 1.807) is 11.0 Å². The van der Waals surface area contributed by atoms with Gasteiger partial charge in [0.1, 0.15) is 11.4 Å². The highest BCUT2D eigenvalue weighted by Gasteiger charge is 2.43. The summed E-state index contributed by atoms with van der Waals surface area (Å²) in [5.41, 5.74) is 3.42. The first kappa shape index (κ1) is 31.4. The van der Waals surface area contributed by atoms with Gasteiger partial charge in [-0.15, -0.1) is 0 Å². The molecule has 246 valence electrons. The summed E-state index contributed by atoms with van der Waals surface area (Å²) in [5, 5.41) is 10.6. The third-order valence-corrected chi connectivity index (χ3v) is 10.7. The van der Waals surface area contributed by atoms with Crippen LogP contribution < -0.4 is 15.4 Å². The first-order valence-corrected chi connectivity index (χ1v) is 17.3. The van der Waals surface area contributed by atoms with Gasteiger partial charge in [0, 0.05) is 38.5 Å². The molecule has 2 saturated heterocycles. The maximum Gasteiger partial charge on any atom is 0.328 e. The van der Waals surface area contributed by atoms with Crippen molar-refractivity contribution < 1.29 is 27.5 Å². The second-order valence-corrected chi connectivity index (χ2v) is 14.1. The molecule has 5 heterocycles. The van der Waals surface area contributed by atoms with Crippen LogP contribution in [0.2, 0.25) is 5.02 Å². The predicted octanol–water partition coefficient (Wildman–Crippen LogP) is 4.26. The third kappa shape index (κ3) is 6.02. The van der Waals surface area contributed by atoms with Gasteiger partial charge in [-0.05, 0) is 61.4 Å². The van der Waals surface area contributed by atoms with Gasteiger partial charge in [0.2, 0.25) is 0 Å². The van der Waals surface area contributed by atoms with Crippen LogP contribution in [-0.4, -0.2) is 72.2 Å². The molecule has 15 heteroatoms. The van der Waals surface area contributed by atoms with Crippen molar-refractivity contribution in [2.45, 2.75) is 55.8 Å². The van der Waals surface area contributed by atoms with E-state index >= 15 is 0 Å². The van der Waals surface area contributed by atoms with Crippen LogP contribution >= 0.6 is 11.6 Å². The summed E-state index contributed by atoms with van der Waals surface area (Å²) >= 11 is 6.53. The monoisotopic (exact) mass is 679 g/mol. The number of amides is 3. The Morgan fingerprint density at radius 3 is 2.62 bits per heavy atom. The minimum Gasteiger partial charge on any atom is -0.381 e. The van der Waals surface area contributed by atoms with Gasteiger partial charge in [0.05, 0.1) is 29.1 Å². The van der Waals surface area contributed by atoms with Crippen molar-refractivity contribution in [3.05, 3.63) is 82.1 Å². The number of carbonyl (C=O) groups is 2. The standard InChI is InChI=1S/C32H34ClN7O6S/c1-20-6-7-25(33)26(16-20)37-28-23(30(41)39-12-10-32(11-13-39)24-5-3-2-4-21(24)19-46-32)17-34-29-27(18-35-40(28)29)47(43,44)38-31(42)36-22-8-14-45-15-9-22/h2-7,16-18,22,37H,8-15,19H2,1H3,(H2,36,38,42). The maximum atomic E-state index is 14.1. The molecule has 3 N–H and O–H groups in total. The highest BCUT2D eigenvalue weighted by Crippen LogP contribution is 2.44. The number of rotatable bonds is 6. The Kier molecular flexibility index (Phi) is 8.28. The molecule has 0 saturated carbocycles. The fraction of sp³-hybridized carbons (Fsp3) is 0.375. The molecule has 3 aliphatic rings. The number of hydrogen-bond acceptors (Lipinski definition) is 9. The van der Waals surface area contributed by atoms with E-state index in [1.165, 1.54) is 21.8 Å². The summed E-state index contributed by atoms with van der Waals surface area (Å²) in [6.45, 7) is 4.31. The zero-order valence-corrected chi connectivity index (χ0v) is 27.2. The van der Waals surface area contributed by atoms with Crippen LogP contribution in [0.5, 0.6) is 0 Å². The Morgan fingerprint density at radius 2 is 1.83 bits per heavy atom. The molecular weight excluding hydrogens is 646 g/mol. The van der Waals surface area contributed by atoms with Crippen LogP contribution in [0.4, 0.5) is 16.3 Å².